The molecule has 0 aliphatic rings. The summed E-state index contributed by atoms with van der Waals surface area (Å²) in [6.45, 7) is 10.1. The van der Waals surface area contributed by atoms with Gasteiger partial charge in [-0.15, -0.1) is 11.3 Å². The van der Waals surface area contributed by atoms with Crippen LogP contribution in [0.2, 0.25) is 5.04 Å². The van der Waals surface area contributed by atoms with Gasteiger partial charge in [-0.05, 0) is 53.4 Å². The van der Waals surface area contributed by atoms with Gasteiger partial charge >= 0.3 is 0 Å². The Hall–Kier alpha value is -2.38. The molecule has 0 saturated heterocycles. The van der Waals surface area contributed by atoms with Gasteiger partial charge in [0.2, 0.25) is 0 Å². The van der Waals surface area contributed by atoms with E-state index in [1.807, 2.05) is 37.4 Å². The monoisotopic (exact) mass is 495 g/mol. The first kappa shape index (κ1) is 26.2. The highest BCUT2D eigenvalue weighted by molar-refractivity contribution is 7.09. The van der Waals surface area contributed by atoms with E-state index in [1.165, 1.54) is 16.4 Å². The minimum absolute atomic E-state index is 0.204. The smallest absolute Gasteiger partial charge is 0.261 e. The molecule has 0 unspecified atom stereocenters. The summed E-state index contributed by atoms with van der Waals surface area (Å²) in [5, 5.41) is 14.4. The molecule has 1 heterocycles. The van der Waals surface area contributed by atoms with Crippen molar-refractivity contribution < 1.29 is 13.9 Å². The van der Waals surface area contributed by atoms with E-state index in [1.54, 1.807) is 11.3 Å². The van der Waals surface area contributed by atoms with Crippen molar-refractivity contribution in [1.29, 1.82) is 0 Å². The topological polar surface area (TPSA) is 42.4 Å². The number of thiazole rings is 1. The van der Waals surface area contributed by atoms with Gasteiger partial charge in [0.15, 0.2) is 0 Å². The van der Waals surface area contributed by atoms with Crippen LogP contribution in [0.5, 0.6) is 0 Å². The molecule has 0 aliphatic carbocycles. The average Bonchev–Trinajstić information content (AvgIpc) is 3.23. The summed E-state index contributed by atoms with van der Waals surface area (Å²) < 4.78 is 21.3. The van der Waals surface area contributed by atoms with Crippen molar-refractivity contribution in [2.75, 3.05) is 6.61 Å². The highest BCUT2D eigenvalue weighted by atomic mass is 32.1. The summed E-state index contributed by atoms with van der Waals surface area (Å²) in [5.74, 6) is -0.548. The average molecular weight is 496 g/mol. The van der Waals surface area contributed by atoms with Gasteiger partial charge in [-0.25, -0.2) is 9.37 Å². The van der Waals surface area contributed by atoms with Crippen molar-refractivity contribution >= 4 is 36.1 Å². The lowest BCUT2D eigenvalue weighted by Gasteiger charge is -2.45. The van der Waals surface area contributed by atoms with Crippen LogP contribution >= 0.6 is 11.3 Å². The molecule has 0 spiro atoms. The second kappa shape index (κ2) is 11.4. The number of halogens is 1. The molecular formula is C28H34FNO2SSi. The maximum Gasteiger partial charge on any atom is 0.261 e. The van der Waals surface area contributed by atoms with Crippen LogP contribution in [0.4, 0.5) is 4.39 Å². The molecule has 2 aromatic carbocycles. The normalized spacial score (nSPS) is 14.3. The molecule has 0 fully saturated rings. The van der Waals surface area contributed by atoms with Crippen LogP contribution in [0.3, 0.4) is 0 Å². The second-order valence-electron chi connectivity index (χ2n) is 9.49. The maximum atomic E-state index is 14.0. The van der Waals surface area contributed by atoms with Crippen molar-refractivity contribution in [2.45, 2.75) is 52.2 Å². The predicted octanol–water partition coefficient (Wildman–Crippen LogP) is 6.04. The third-order valence-electron chi connectivity index (χ3n) is 5.96. The van der Waals surface area contributed by atoms with Gasteiger partial charge in [0.05, 0.1) is 23.4 Å². The molecular weight excluding hydrogens is 461 g/mol. The SMILES string of the molecule is C/C(=C\c1csc(C)n1)[C@H](C/C=C(/F)CO)O[Si](c1ccccc1)(c1ccccc1)C(C)(C)C. The van der Waals surface area contributed by atoms with Crippen LogP contribution in [0.1, 0.15) is 44.8 Å². The highest BCUT2D eigenvalue weighted by Gasteiger charge is 2.51. The fourth-order valence-electron chi connectivity index (χ4n) is 4.30. The van der Waals surface area contributed by atoms with Crippen molar-refractivity contribution in [1.82, 2.24) is 4.98 Å². The molecule has 6 heteroatoms. The summed E-state index contributed by atoms with van der Waals surface area (Å²) in [4.78, 5) is 4.57. The van der Waals surface area contributed by atoms with E-state index in [9.17, 15) is 9.50 Å². The van der Waals surface area contributed by atoms with Crippen LogP contribution in [-0.2, 0) is 4.43 Å². The Balaban J connectivity index is 2.18. The first-order valence-electron chi connectivity index (χ1n) is 11.5. The highest BCUT2D eigenvalue weighted by Crippen LogP contribution is 2.39. The summed E-state index contributed by atoms with van der Waals surface area (Å²) >= 11 is 1.60. The Morgan fingerprint density at radius 2 is 1.65 bits per heavy atom. The van der Waals surface area contributed by atoms with Crippen molar-refractivity contribution in [3.8, 4) is 0 Å². The number of aromatic nitrogens is 1. The van der Waals surface area contributed by atoms with Gasteiger partial charge in [0, 0.05) is 5.38 Å². The van der Waals surface area contributed by atoms with E-state index in [4.69, 9.17) is 4.43 Å². The minimum atomic E-state index is -2.84. The number of aliphatic hydroxyl groups is 1. The molecule has 1 atom stereocenters. The third kappa shape index (κ3) is 5.99. The molecule has 0 saturated carbocycles. The number of hydrogen-bond donors (Lipinski definition) is 1. The van der Waals surface area contributed by atoms with E-state index in [2.05, 4.69) is 74.3 Å². The Kier molecular flexibility index (Phi) is 8.76. The lowest BCUT2D eigenvalue weighted by Crippen LogP contribution is -2.67. The first-order chi connectivity index (χ1) is 16.2. The van der Waals surface area contributed by atoms with Gasteiger partial charge in [-0.3, -0.25) is 0 Å². The lowest BCUT2D eigenvalue weighted by atomic mass is 10.1. The van der Waals surface area contributed by atoms with Crippen molar-refractivity contribution in [2.24, 2.45) is 0 Å². The molecule has 1 N–H and O–H groups in total. The van der Waals surface area contributed by atoms with Crippen LogP contribution in [0.25, 0.3) is 6.08 Å². The molecule has 3 rings (SSSR count). The maximum absolute atomic E-state index is 14.0. The Morgan fingerprint density at radius 3 is 2.09 bits per heavy atom. The third-order valence-corrected chi connectivity index (χ3v) is 11.8. The van der Waals surface area contributed by atoms with E-state index >= 15 is 0 Å². The summed E-state index contributed by atoms with van der Waals surface area (Å²) in [7, 11) is -2.84. The molecule has 3 aromatic rings. The number of aliphatic hydroxyl groups excluding tert-OH is 1. The largest absolute Gasteiger partial charge is 0.400 e. The molecule has 0 aliphatic heterocycles. The molecule has 0 bridgehead atoms. The van der Waals surface area contributed by atoms with E-state index in [0.717, 1.165) is 16.3 Å². The predicted molar refractivity (Wildman–Crippen MR) is 144 cm³/mol. The van der Waals surface area contributed by atoms with E-state index < -0.39 is 20.8 Å². The zero-order valence-corrected chi connectivity index (χ0v) is 22.4. The van der Waals surface area contributed by atoms with Crippen LogP contribution in [-0.4, -0.2) is 31.1 Å². The van der Waals surface area contributed by atoms with Crippen LogP contribution in [0, 0.1) is 6.92 Å². The van der Waals surface area contributed by atoms with Crippen LogP contribution < -0.4 is 10.4 Å². The molecule has 180 valence electrons. The number of aryl methyl sites for hydroxylation is 1. The number of benzene rings is 2. The van der Waals surface area contributed by atoms with Gasteiger partial charge < -0.3 is 9.53 Å². The molecule has 0 amide bonds. The van der Waals surface area contributed by atoms with E-state index in [-0.39, 0.29) is 11.1 Å². The zero-order chi connectivity index (χ0) is 24.8. The van der Waals surface area contributed by atoms with Crippen LogP contribution in [0.15, 0.2) is 83.5 Å². The Morgan fingerprint density at radius 1 is 1.09 bits per heavy atom. The van der Waals surface area contributed by atoms with Gasteiger partial charge in [0.1, 0.15) is 5.83 Å². The van der Waals surface area contributed by atoms with Gasteiger partial charge in [0.25, 0.3) is 8.32 Å². The van der Waals surface area contributed by atoms with Crippen molar-refractivity contribution in [3.05, 3.63) is 94.2 Å². The standard InChI is InChI=1S/C28H34FNO2SSi/c1-21(18-24-20-33-22(2)30-24)27(17-16-23(29)19-31)32-34(28(3,4)5,25-12-8-6-9-13-25)26-14-10-7-11-15-26/h6-16,18,20,27,31H,17,19H2,1-5H3/b21-18+,23-16+/t27-/m0/s1. The van der Waals surface area contributed by atoms with Gasteiger partial charge in [-0.2, -0.15) is 0 Å². The number of rotatable bonds is 9. The zero-order valence-electron chi connectivity index (χ0n) is 20.6. The fraction of sp³-hybridized carbons (Fsp3) is 0.321. The first-order valence-corrected chi connectivity index (χ1v) is 14.3. The Bertz CT molecular complexity index is 1080. The minimum Gasteiger partial charge on any atom is -0.400 e. The molecule has 34 heavy (non-hydrogen) atoms. The van der Waals surface area contributed by atoms with Gasteiger partial charge in [-0.1, -0.05) is 81.4 Å². The molecule has 0 radical (unpaired) electrons. The molecule has 3 nitrogen and oxygen atoms in total. The fourth-order valence-corrected chi connectivity index (χ4v) is 9.60. The molecule has 1 aromatic heterocycles. The quantitative estimate of drug-likeness (QED) is 0.368. The summed E-state index contributed by atoms with van der Waals surface area (Å²) in [6.07, 6.45) is 3.40. The van der Waals surface area contributed by atoms with E-state index in [0.29, 0.717) is 6.42 Å². The second-order valence-corrected chi connectivity index (χ2v) is 14.8. The van der Waals surface area contributed by atoms with Crippen molar-refractivity contribution in [3.63, 3.8) is 0 Å². The lowest BCUT2D eigenvalue weighted by molar-refractivity contribution is 0.223. The number of hydrogen-bond acceptors (Lipinski definition) is 4. The Labute approximate surface area is 207 Å². The summed E-state index contributed by atoms with van der Waals surface area (Å²) in [6, 6.07) is 20.8. The number of nitrogens with zero attached hydrogens (tertiary/aromatic N) is 1. The summed E-state index contributed by atoms with van der Waals surface area (Å²) in [5.41, 5.74) is 1.85.